The maximum Gasteiger partial charge on any atom is 0.254 e. The minimum atomic E-state index is -0.340. The van der Waals surface area contributed by atoms with Gasteiger partial charge in [-0.25, -0.2) is 0 Å². The molecular formula is C21H24N2O2S. The molecule has 5 heteroatoms. The van der Waals surface area contributed by atoms with Crippen LogP contribution >= 0.6 is 11.3 Å². The molecule has 3 heterocycles. The number of piperidine rings is 1. The van der Waals surface area contributed by atoms with Crippen molar-refractivity contribution in [2.45, 2.75) is 44.2 Å². The summed E-state index contributed by atoms with van der Waals surface area (Å²) >= 11 is 1.61. The van der Waals surface area contributed by atoms with Crippen LogP contribution < -0.4 is 0 Å². The van der Waals surface area contributed by atoms with Crippen LogP contribution in [0, 0.1) is 0 Å². The standard InChI is InChI=1S/C21H24N2O2S/c1-14-8-5-6-12-23(14)21(25)18-15-9-3-4-10-16(15)20(24)22(2)19(18)17-11-7-13-26-17/h3-4,7,9-11,13-14,18-19H,5-6,8,12H2,1-2H3. The quantitative estimate of drug-likeness (QED) is 0.802. The second kappa shape index (κ2) is 6.88. The lowest BCUT2D eigenvalue weighted by Gasteiger charge is -2.43. The Hall–Kier alpha value is -2.14. The van der Waals surface area contributed by atoms with E-state index in [0.717, 1.165) is 29.8 Å². The van der Waals surface area contributed by atoms with Crippen molar-refractivity contribution in [1.29, 1.82) is 0 Å². The lowest BCUT2D eigenvalue weighted by atomic mass is 9.81. The van der Waals surface area contributed by atoms with Crippen molar-refractivity contribution >= 4 is 23.2 Å². The van der Waals surface area contributed by atoms with Gasteiger partial charge in [0.25, 0.3) is 5.91 Å². The average molecular weight is 369 g/mol. The highest BCUT2D eigenvalue weighted by Gasteiger charge is 2.45. The van der Waals surface area contributed by atoms with Gasteiger partial charge < -0.3 is 9.80 Å². The van der Waals surface area contributed by atoms with Gasteiger partial charge in [-0.3, -0.25) is 9.59 Å². The molecule has 2 aromatic rings. The number of amides is 2. The van der Waals surface area contributed by atoms with Crippen molar-refractivity contribution < 1.29 is 9.59 Å². The average Bonchev–Trinajstić information content (AvgIpc) is 3.18. The largest absolute Gasteiger partial charge is 0.339 e. The Morgan fingerprint density at radius 3 is 2.69 bits per heavy atom. The molecule has 1 fully saturated rings. The Morgan fingerprint density at radius 2 is 1.96 bits per heavy atom. The Balaban J connectivity index is 1.82. The predicted molar refractivity (Wildman–Crippen MR) is 103 cm³/mol. The van der Waals surface area contributed by atoms with E-state index in [-0.39, 0.29) is 29.8 Å². The van der Waals surface area contributed by atoms with E-state index in [1.165, 1.54) is 6.42 Å². The first-order chi connectivity index (χ1) is 12.6. The molecule has 2 amide bonds. The molecule has 1 saturated heterocycles. The van der Waals surface area contributed by atoms with Crippen LogP contribution in [0.4, 0.5) is 0 Å². The van der Waals surface area contributed by atoms with Crippen molar-refractivity contribution in [2.24, 2.45) is 0 Å². The van der Waals surface area contributed by atoms with Gasteiger partial charge in [-0.2, -0.15) is 0 Å². The van der Waals surface area contributed by atoms with Crippen LogP contribution in [0.15, 0.2) is 41.8 Å². The highest BCUT2D eigenvalue weighted by Crippen LogP contribution is 2.44. The number of hydrogen-bond acceptors (Lipinski definition) is 3. The van der Waals surface area contributed by atoms with Crippen molar-refractivity contribution in [1.82, 2.24) is 9.80 Å². The van der Waals surface area contributed by atoms with Gasteiger partial charge >= 0.3 is 0 Å². The molecule has 136 valence electrons. The van der Waals surface area contributed by atoms with Crippen molar-refractivity contribution in [3.05, 3.63) is 57.8 Å². The van der Waals surface area contributed by atoms with Gasteiger partial charge in [0.05, 0.1) is 12.0 Å². The smallest absolute Gasteiger partial charge is 0.254 e. The predicted octanol–water partition coefficient (Wildman–Crippen LogP) is 4.06. The summed E-state index contributed by atoms with van der Waals surface area (Å²) in [4.78, 5) is 31.5. The molecule has 0 saturated carbocycles. The minimum Gasteiger partial charge on any atom is -0.339 e. The molecule has 0 spiro atoms. The number of rotatable bonds is 2. The molecule has 1 aromatic heterocycles. The zero-order valence-electron chi connectivity index (χ0n) is 15.2. The number of thiophene rings is 1. The fourth-order valence-corrected chi connectivity index (χ4v) is 5.26. The monoisotopic (exact) mass is 368 g/mol. The summed E-state index contributed by atoms with van der Waals surface area (Å²) in [6.07, 6.45) is 3.29. The van der Waals surface area contributed by atoms with Gasteiger partial charge in [-0.05, 0) is 49.3 Å². The highest BCUT2D eigenvalue weighted by atomic mass is 32.1. The zero-order chi connectivity index (χ0) is 18.3. The topological polar surface area (TPSA) is 40.6 Å². The van der Waals surface area contributed by atoms with Crippen LogP contribution in [-0.2, 0) is 4.79 Å². The first-order valence-corrected chi connectivity index (χ1v) is 10.2. The second-order valence-corrected chi connectivity index (χ2v) is 8.30. The van der Waals surface area contributed by atoms with Crippen LogP contribution in [0.5, 0.6) is 0 Å². The Morgan fingerprint density at radius 1 is 1.15 bits per heavy atom. The summed E-state index contributed by atoms with van der Waals surface area (Å²) in [5.74, 6) is -0.190. The van der Waals surface area contributed by atoms with Crippen molar-refractivity contribution in [2.75, 3.05) is 13.6 Å². The molecule has 2 aliphatic heterocycles. The first kappa shape index (κ1) is 17.3. The number of carbonyl (C=O) groups is 2. The lowest BCUT2D eigenvalue weighted by molar-refractivity contribution is -0.137. The summed E-state index contributed by atoms with van der Waals surface area (Å²) < 4.78 is 0. The zero-order valence-corrected chi connectivity index (χ0v) is 16.0. The molecule has 3 atom stereocenters. The first-order valence-electron chi connectivity index (χ1n) is 9.29. The Bertz CT molecular complexity index is 817. The summed E-state index contributed by atoms with van der Waals surface area (Å²) in [7, 11) is 1.82. The molecular weight excluding hydrogens is 344 g/mol. The van der Waals surface area contributed by atoms with E-state index in [1.807, 2.05) is 53.7 Å². The lowest BCUT2D eigenvalue weighted by Crippen LogP contribution is -2.50. The number of likely N-dealkylation sites (tertiary alicyclic amines) is 1. The Labute approximate surface area is 158 Å². The number of benzene rings is 1. The normalized spacial score (nSPS) is 25.9. The molecule has 3 unspecified atom stereocenters. The van der Waals surface area contributed by atoms with Gasteiger partial charge in [-0.15, -0.1) is 11.3 Å². The third-order valence-corrected chi connectivity index (χ3v) is 6.71. The van der Waals surface area contributed by atoms with E-state index in [0.29, 0.717) is 5.56 Å². The number of hydrogen-bond donors (Lipinski definition) is 0. The van der Waals surface area contributed by atoms with Crippen LogP contribution in [0.2, 0.25) is 0 Å². The van der Waals surface area contributed by atoms with Gasteiger partial charge in [-0.1, -0.05) is 24.3 Å². The SMILES string of the molecule is CC1CCCCN1C(=O)C1c2ccccc2C(=O)N(C)C1c1cccs1. The van der Waals surface area contributed by atoms with Crippen LogP contribution in [0.3, 0.4) is 0 Å². The van der Waals surface area contributed by atoms with Gasteiger partial charge in [0.15, 0.2) is 0 Å². The molecule has 0 radical (unpaired) electrons. The third-order valence-electron chi connectivity index (χ3n) is 5.77. The van der Waals surface area contributed by atoms with E-state index >= 15 is 0 Å². The fourth-order valence-electron chi connectivity index (χ4n) is 4.36. The van der Waals surface area contributed by atoms with Crippen LogP contribution in [-0.4, -0.2) is 41.2 Å². The third kappa shape index (κ3) is 2.75. The van der Waals surface area contributed by atoms with E-state index in [4.69, 9.17) is 0 Å². The molecule has 0 bridgehead atoms. The Kier molecular flexibility index (Phi) is 4.57. The fraction of sp³-hybridized carbons (Fsp3) is 0.429. The minimum absolute atomic E-state index is 0.00487. The molecule has 1 aromatic carbocycles. The van der Waals surface area contributed by atoms with E-state index < -0.39 is 0 Å². The second-order valence-electron chi connectivity index (χ2n) is 7.32. The molecule has 4 nitrogen and oxygen atoms in total. The summed E-state index contributed by atoms with van der Waals surface area (Å²) in [6.45, 7) is 2.95. The van der Waals surface area contributed by atoms with Gasteiger partial charge in [0.1, 0.15) is 0 Å². The molecule has 0 aliphatic carbocycles. The van der Waals surface area contributed by atoms with E-state index in [9.17, 15) is 9.59 Å². The van der Waals surface area contributed by atoms with E-state index in [1.54, 1.807) is 16.2 Å². The molecule has 4 rings (SSSR count). The maximum absolute atomic E-state index is 13.7. The molecule has 0 N–H and O–H groups in total. The van der Waals surface area contributed by atoms with Gasteiger partial charge in [0.2, 0.25) is 5.91 Å². The molecule has 26 heavy (non-hydrogen) atoms. The van der Waals surface area contributed by atoms with Crippen LogP contribution in [0.1, 0.15) is 58.9 Å². The summed E-state index contributed by atoms with van der Waals surface area (Å²) in [5, 5.41) is 2.01. The summed E-state index contributed by atoms with van der Waals surface area (Å²) in [6, 6.07) is 11.7. The van der Waals surface area contributed by atoms with Crippen molar-refractivity contribution in [3.63, 3.8) is 0 Å². The highest BCUT2D eigenvalue weighted by molar-refractivity contribution is 7.10. The van der Waals surface area contributed by atoms with Gasteiger partial charge in [0, 0.05) is 30.1 Å². The number of nitrogens with zero attached hydrogens (tertiary/aromatic N) is 2. The number of fused-ring (bicyclic) bond motifs is 1. The summed E-state index contributed by atoms with van der Waals surface area (Å²) in [5.41, 5.74) is 1.53. The maximum atomic E-state index is 13.7. The van der Waals surface area contributed by atoms with E-state index in [2.05, 4.69) is 6.92 Å². The number of likely N-dealkylation sites (N-methyl/N-ethyl adjacent to an activating group) is 1. The number of carbonyl (C=O) groups excluding carboxylic acids is 2. The van der Waals surface area contributed by atoms with Crippen LogP contribution in [0.25, 0.3) is 0 Å². The van der Waals surface area contributed by atoms with Crippen molar-refractivity contribution in [3.8, 4) is 0 Å². The molecule has 2 aliphatic rings.